The Hall–Kier alpha value is -0.715. The molecular weight excluding hydrogens is 155 g/mol. The van der Waals surface area contributed by atoms with Crippen LogP contribution in [0, 0.1) is 6.92 Å². The van der Waals surface area contributed by atoms with E-state index in [2.05, 4.69) is 26.8 Å². The van der Waals surface area contributed by atoms with E-state index >= 15 is 0 Å². The van der Waals surface area contributed by atoms with Crippen molar-refractivity contribution in [2.24, 2.45) is 0 Å². The molecule has 0 unspecified atom stereocenters. The van der Waals surface area contributed by atoms with Gasteiger partial charge in [0.05, 0.1) is 0 Å². The second-order valence-electron chi connectivity index (χ2n) is 3.23. The normalized spacial score (nSPS) is 9.38. The standard InChI is InChI=1S/C10H13B.C2H6/c1-7(2)10-8(3)5-4-6-9(10)11;1-2/h4-7H,1-3H3;1-2H3. The van der Waals surface area contributed by atoms with Gasteiger partial charge < -0.3 is 0 Å². The maximum atomic E-state index is 5.82. The zero-order chi connectivity index (χ0) is 10.4. The van der Waals surface area contributed by atoms with E-state index in [0.717, 1.165) is 5.46 Å². The summed E-state index contributed by atoms with van der Waals surface area (Å²) in [5.41, 5.74) is 3.49. The summed E-state index contributed by atoms with van der Waals surface area (Å²) in [6.45, 7) is 10.4. The van der Waals surface area contributed by atoms with Crippen molar-refractivity contribution in [1.29, 1.82) is 0 Å². The third kappa shape index (κ3) is 3.26. The zero-order valence-electron chi connectivity index (χ0n) is 9.39. The number of benzene rings is 1. The van der Waals surface area contributed by atoms with Crippen LogP contribution in [-0.4, -0.2) is 7.85 Å². The molecule has 0 spiro atoms. The van der Waals surface area contributed by atoms with Gasteiger partial charge in [0.15, 0.2) is 0 Å². The molecule has 0 aliphatic heterocycles. The van der Waals surface area contributed by atoms with Crippen molar-refractivity contribution in [3.05, 3.63) is 29.3 Å². The molecule has 0 saturated carbocycles. The van der Waals surface area contributed by atoms with Gasteiger partial charge in [-0.15, -0.1) is 0 Å². The van der Waals surface area contributed by atoms with Crippen molar-refractivity contribution in [2.45, 2.75) is 40.5 Å². The maximum absolute atomic E-state index is 5.82. The van der Waals surface area contributed by atoms with Crippen LogP contribution in [0.4, 0.5) is 0 Å². The van der Waals surface area contributed by atoms with E-state index in [0.29, 0.717) is 5.92 Å². The Balaban J connectivity index is 0.000000671. The number of rotatable bonds is 1. The van der Waals surface area contributed by atoms with E-state index in [1.807, 2.05) is 26.0 Å². The Labute approximate surface area is 83.8 Å². The summed E-state index contributed by atoms with van der Waals surface area (Å²) in [6, 6.07) is 6.06. The van der Waals surface area contributed by atoms with E-state index in [-0.39, 0.29) is 0 Å². The highest BCUT2D eigenvalue weighted by molar-refractivity contribution is 6.33. The van der Waals surface area contributed by atoms with Crippen molar-refractivity contribution < 1.29 is 0 Å². The van der Waals surface area contributed by atoms with Crippen molar-refractivity contribution >= 4 is 13.3 Å². The van der Waals surface area contributed by atoms with E-state index in [9.17, 15) is 0 Å². The lowest BCUT2D eigenvalue weighted by Crippen LogP contribution is -2.12. The number of hydrogen-bond donors (Lipinski definition) is 0. The van der Waals surface area contributed by atoms with E-state index in [1.165, 1.54) is 11.1 Å². The highest BCUT2D eigenvalue weighted by Crippen LogP contribution is 2.15. The van der Waals surface area contributed by atoms with Crippen LogP contribution in [0.25, 0.3) is 0 Å². The molecule has 0 nitrogen and oxygen atoms in total. The van der Waals surface area contributed by atoms with Gasteiger partial charge in [0, 0.05) is 0 Å². The molecule has 0 fully saturated rings. The van der Waals surface area contributed by atoms with Crippen molar-refractivity contribution in [3.8, 4) is 0 Å². The lowest BCUT2D eigenvalue weighted by molar-refractivity contribution is 0.863. The summed E-state index contributed by atoms with van der Waals surface area (Å²) >= 11 is 0. The second-order valence-corrected chi connectivity index (χ2v) is 3.23. The average molecular weight is 174 g/mol. The Morgan fingerprint density at radius 1 is 1.15 bits per heavy atom. The van der Waals surface area contributed by atoms with Crippen LogP contribution in [0.3, 0.4) is 0 Å². The molecule has 0 atom stereocenters. The zero-order valence-corrected chi connectivity index (χ0v) is 9.39. The molecule has 0 amide bonds. The minimum atomic E-state index is 0.524. The maximum Gasteiger partial charge on any atom is 0.114 e. The van der Waals surface area contributed by atoms with Gasteiger partial charge in [0.2, 0.25) is 0 Å². The Kier molecular flexibility index (Phi) is 5.53. The Morgan fingerprint density at radius 3 is 2.00 bits per heavy atom. The number of hydrogen-bond acceptors (Lipinski definition) is 0. The molecule has 0 N–H and O–H groups in total. The fraction of sp³-hybridized carbons (Fsp3) is 0.500. The SMILES string of the molecule is CC.[B]c1cccc(C)c1C(C)C. The van der Waals surface area contributed by atoms with Crippen LogP contribution in [0.5, 0.6) is 0 Å². The highest BCUT2D eigenvalue weighted by Gasteiger charge is 2.04. The first-order valence-corrected chi connectivity index (χ1v) is 4.98. The number of aryl methyl sites for hydroxylation is 1. The predicted octanol–water partition coefficient (Wildman–Crippen LogP) is 2.94. The Bertz CT molecular complexity index is 231. The van der Waals surface area contributed by atoms with E-state index < -0.39 is 0 Å². The first-order chi connectivity index (χ1) is 6.13. The van der Waals surface area contributed by atoms with Gasteiger partial charge >= 0.3 is 0 Å². The van der Waals surface area contributed by atoms with Gasteiger partial charge in [-0.1, -0.05) is 51.4 Å². The summed E-state index contributed by atoms with van der Waals surface area (Å²) in [5, 5.41) is 0. The molecule has 1 aromatic carbocycles. The van der Waals surface area contributed by atoms with Gasteiger partial charge in [0.1, 0.15) is 7.85 Å². The molecule has 1 rings (SSSR count). The molecule has 0 aliphatic rings. The monoisotopic (exact) mass is 174 g/mol. The third-order valence-corrected chi connectivity index (χ3v) is 1.94. The van der Waals surface area contributed by atoms with Crippen LogP contribution in [-0.2, 0) is 0 Å². The topological polar surface area (TPSA) is 0 Å². The molecule has 13 heavy (non-hydrogen) atoms. The summed E-state index contributed by atoms with van der Waals surface area (Å²) in [7, 11) is 5.82. The quantitative estimate of drug-likeness (QED) is 0.574. The van der Waals surface area contributed by atoms with Gasteiger partial charge in [-0.05, 0) is 24.0 Å². The lowest BCUT2D eigenvalue weighted by Gasteiger charge is -2.12. The van der Waals surface area contributed by atoms with E-state index in [1.54, 1.807) is 0 Å². The first kappa shape index (κ1) is 12.3. The van der Waals surface area contributed by atoms with Crippen LogP contribution in [0.2, 0.25) is 0 Å². The first-order valence-electron chi connectivity index (χ1n) is 4.98. The van der Waals surface area contributed by atoms with Crippen molar-refractivity contribution in [1.82, 2.24) is 0 Å². The molecule has 0 saturated heterocycles. The average Bonchev–Trinajstić information content (AvgIpc) is 2.07. The molecule has 0 bridgehead atoms. The molecule has 0 heterocycles. The van der Waals surface area contributed by atoms with Crippen LogP contribution in [0.15, 0.2) is 18.2 Å². The Morgan fingerprint density at radius 2 is 1.69 bits per heavy atom. The molecule has 0 aliphatic carbocycles. The summed E-state index contributed by atoms with van der Waals surface area (Å²) < 4.78 is 0. The largest absolute Gasteiger partial charge is 0.114 e. The fourth-order valence-corrected chi connectivity index (χ4v) is 1.49. The minimum Gasteiger partial charge on any atom is -0.0930 e. The predicted molar refractivity (Wildman–Crippen MR) is 62.0 cm³/mol. The van der Waals surface area contributed by atoms with Crippen molar-refractivity contribution in [3.63, 3.8) is 0 Å². The molecule has 0 aromatic heterocycles. The summed E-state index contributed by atoms with van der Waals surface area (Å²) in [6.07, 6.45) is 0. The molecule has 70 valence electrons. The molecular formula is C12H19B. The van der Waals surface area contributed by atoms with Gasteiger partial charge in [-0.2, -0.15) is 0 Å². The lowest BCUT2D eigenvalue weighted by atomic mass is 9.83. The second kappa shape index (κ2) is 5.85. The van der Waals surface area contributed by atoms with Crippen molar-refractivity contribution in [2.75, 3.05) is 0 Å². The molecule has 1 heteroatoms. The van der Waals surface area contributed by atoms with Crippen LogP contribution >= 0.6 is 0 Å². The minimum absolute atomic E-state index is 0.524. The highest BCUT2D eigenvalue weighted by atomic mass is 14.1. The molecule has 2 radical (unpaired) electrons. The third-order valence-electron chi connectivity index (χ3n) is 1.94. The van der Waals surface area contributed by atoms with Gasteiger partial charge in [0.25, 0.3) is 0 Å². The van der Waals surface area contributed by atoms with Crippen LogP contribution < -0.4 is 5.46 Å². The summed E-state index contributed by atoms with van der Waals surface area (Å²) in [4.78, 5) is 0. The van der Waals surface area contributed by atoms with Gasteiger partial charge in [-0.25, -0.2) is 0 Å². The van der Waals surface area contributed by atoms with Crippen LogP contribution in [0.1, 0.15) is 44.7 Å². The van der Waals surface area contributed by atoms with Gasteiger partial charge in [-0.3, -0.25) is 0 Å². The van der Waals surface area contributed by atoms with E-state index in [4.69, 9.17) is 7.85 Å². The summed E-state index contributed by atoms with van der Waals surface area (Å²) in [5.74, 6) is 0.524. The molecule has 1 aromatic rings. The fourth-order valence-electron chi connectivity index (χ4n) is 1.49. The smallest absolute Gasteiger partial charge is 0.0930 e.